The first kappa shape index (κ1) is 6.01. The second-order valence-electron chi connectivity index (χ2n) is 1.76. The highest BCUT2D eigenvalue weighted by molar-refractivity contribution is 4.92. The van der Waals surface area contributed by atoms with Crippen LogP contribution in [0, 0.1) is 6.10 Å². The lowest BCUT2D eigenvalue weighted by Crippen LogP contribution is -2.32. The van der Waals surface area contributed by atoms with Crippen LogP contribution in [-0.2, 0) is 4.74 Å². The zero-order valence-corrected chi connectivity index (χ0v) is 4.50. The molecule has 1 radical (unpaired) electrons. The summed E-state index contributed by atoms with van der Waals surface area (Å²) in [6.07, 6.45) is 0.665. The molecular weight excluding hydrogens is 108 g/mol. The maximum Gasteiger partial charge on any atom is 0.130 e. The topological polar surface area (TPSA) is 49.7 Å². The minimum absolute atomic E-state index is 0.227. The molecule has 1 aliphatic rings. The molecule has 3 heteroatoms. The third kappa shape index (κ3) is 0.992. The summed E-state index contributed by atoms with van der Waals surface area (Å²) < 4.78 is 4.79. The Morgan fingerprint density at radius 2 is 2.38 bits per heavy atom. The van der Waals surface area contributed by atoms with E-state index in [9.17, 15) is 0 Å². The molecule has 1 heterocycles. The summed E-state index contributed by atoms with van der Waals surface area (Å²) in [5.74, 6) is 0. The number of rotatable bonds is 2. The standard InChI is InChI=1S/C5H9O3/c6-3-4(7)5-1-2-8-5/h4,6-7H,1-3H2. The molecule has 1 fully saturated rings. The summed E-state index contributed by atoms with van der Waals surface area (Å²) in [4.78, 5) is 0. The van der Waals surface area contributed by atoms with Gasteiger partial charge in [0.05, 0.1) is 13.2 Å². The normalized spacial score (nSPS) is 24.8. The van der Waals surface area contributed by atoms with Gasteiger partial charge in [-0.2, -0.15) is 0 Å². The minimum Gasteiger partial charge on any atom is -0.394 e. The first-order valence-corrected chi connectivity index (χ1v) is 2.62. The zero-order chi connectivity index (χ0) is 5.98. The van der Waals surface area contributed by atoms with Crippen LogP contribution in [0.1, 0.15) is 6.42 Å². The van der Waals surface area contributed by atoms with E-state index >= 15 is 0 Å². The molecule has 1 unspecified atom stereocenters. The second-order valence-corrected chi connectivity index (χ2v) is 1.76. The van der Waals surface area contributed by atoms with Crippen molar-refractivity contribution in [3.05, 3.63) is 6.10 Å². The van der Waals surface area contributed by atoms with E-state index in [2.05, 4.69) is 0 Å². The molecule has 2 N–H and O–H groups in total. The highest BCUT2D eigenvalue weighted by Gasteiger charge is 2.26. The fraction of sp³-hybridized carbons (Fsp3) is 0.800. The van der Waals surface area contributed by atoms with Crippen molar-refractivity contribution in [2.24, 2.45) is 0 Å². The monoisotopic (exact) mass is 117 g/mol. The fourth-order valence-corrected chi connectivity index (χ4v) is 0.585. The van der Waals surface area contributed by atoms with Crippen molar-refractivity contribution < 1.29 is 14.9 Å². The first-order chi connectivity index (χ1) is 3.84. The van der Waals surface area contributed by atoms with Crippen LogP contribution in [0.3, 0.4) is 0 Å². The third-order valence-corrected chi connectivity index (χ3v) is 1.18. The Kier molecular flexibility index (Phi) is 1.83. The maximum absolute atomic E-state index is 8.77. The van der Waals surface area contributed by atoms with Gasteiger partial charge < -0.3 is 14.9 Å². The number of aliphatic hydroxyl groups is 2. The van der Waals surface area contributed by atoms with Crippen LogP contribution < -0.4 is 0 Å². The van der Waals surface area contributed by atoms with Crippen molar-refractivity contribution in [3.8, 4) is 0 Å². The lowest BCUT2D eigenvalue weighted by Gasteiger charge is -2.28. The average molecular weight is 117 g/mol. The molecule has 0 bridgehead atoms. The lowest BCUT2D eigenvalue weighted by molar-refractivity contribution is -0.0498. The SMILES string of the molecule is OCC(O)[C]1CCO1. The smallest absolute Gasteiger partial charge is 0.130 e. The molecule has 1 rings (SSSR count). The number of ether oxygens (including phenoxy) is 1. The number of hydrogen-bond donors (Lipinski definition) is 2. The Morgan fingerprint density at radius 3 is 2.50 bits per heavy atom. The molecule has 8 heavy (non-hydrogen) atoms. The van der Waals surface area contributed by atoms with Crippen molar-refractivity contribution in [2.45, 2.75) is 12.5 Å². The molecule has 1 saturated heterocycles. The molecule has 0 amide bonds. The van der Waals surface area contributed by atoms with Gasteiger partial charge in [-0.3, -0.25) is 0 Å². The van der Waals surface area contributed by atoms with E-state index in [1.54, 1.807) is 0 Å². The van der Waals surface area contributed by atoms with E-state index in [0.29, 0.717) is 12.7 Å². The summed E-state index contributed by atoms with van der Waals surface area (Å²) in [5.41, 5.74) is 0. The summed E-state index contributed by atoms with van der Waals surface area (Å²) in [5, 5.41) is 17.1. The van der Waals surface area contributed by atoms with Crippen LogP contribution in [0.4, 0.5) is 0 Å². The van der Waals surface area contributed by atoms with E-state index in [1.165, 1.54) is 0 Å². The van der Waals surface area contributed by atoms with Crippen LogP contribution >= 0.6 is 0 Å². The average Bonchev–Trinajstić information content (AvgIpc) is 1.62. The van der Waals surface area contributed by atoms with Crippen LogP contribution in [0.15, 0.2) is 0 Å². The van der Waals surface area contributed by atoms with Crippen molar-refractivity contribution in [3.63, 3.8) is 0 Å². The summed E-state index contributed by atoms with van der Waals surface area (Å²) in [6, 6.07) is 0. The van der Waals surface area contributed by atoms with Gasteiger partial charge in [0.15, 0.2) is 0 Å². The van der Waals surface area contributed by atoms with Gasteiger partial charge >= 0.3 is 0 Å². The molecule has 0 saturated carbocycles. The molecule has 0 spiro atoms. The quantitative estimate of drug-likeness (QED) is 0.502. The zero-order valence-electron chi connectivity index (χ0n) is 4.50. The Bertz CT molecular complexity index is 67.3. The van der Waals surface area contributed by atoms with Gasteiger partial charge in [-0.1, -0.05) is 0 Å². The van der Waals surface area contributed by atoms with Crippen LogP contribution in [0.25, 0.3) is 0 Å². The second kappa shape index (κ2) is 2.44. The fourth-order valence-electron chi connectivity index (χ4n) is 0.585. The van der Waals surface area contributed by atoms with Gasteiger partial charge in [0.25, 0.3) is 0 Å². The van der Waals surface area contributed by atoms with Crippen molar-refractivity contribution >= 4 is 0 Å². The molecule has 0 aromatic carbocycles. The highest BCUT2D eigenvalue weighted by Crippen LogP contribution is 2.22. The minimum atomic E-state index is -0.747. The van der Waals surface area contributed by atoms with Crippen molar-refractivity contribution in [1.29, 1.82) is 0 Å². The lowest BCUT2D eigenvalue weighted by atomic mass is 10.1. The largest absolute Gasteiger partial charge is 0.394 e. The molecular formula is C5H9O3. The molecule has 0 aromatic heterocycles. The molecule has 3 nitrogen and oxygen atoms in total. The summed E-state index contributed by atoms with van der Waals surface area (Å²) >= 11 is 0. The molecule has 1 atom stereocenters. The Morgan fingerprint density at radius 1 is 1.75 bits per heavy atom. The van der Waals surface area contributed by atoms with Crippen LogP contribution in [0.5, 0.6) is 0 Å². The van der Waals surface area contributed by atoms with E-state index in [1.807, 2.05) is 0 Å². The van der Waals surface area contributed by atoms with Gasteiger partial charge in [0.2, 0.25) is 0 Å². The third-order valence-electron chi connectivity index (χ3n) is 1.18. The van der Waals surface area contributed by atoms with E-state index in [4.69, 9.17) is 14.9 Å². The summed E-state index contributed by atoms with van der Waals surface area (Å²) in [7, 11) is 0. The predicted octanol–water partition coefficient (Wildman–Crippen LogP) is -0.708. The molecule has 1 aliphatic heterocycles. The Balaban J connectivity index is 2.13. The van der Waals surface area contributed by atoms with Crippen LogP contribution in [-0.4, -0.2) is 29.5 Å². The highest BCUT2D eigenvalue weighted by atomic mass is 16.5. The van der Waals surface area contributed by atoms with Gasteiger partial charge in [0.1, 0.15) is 12.2 Å². The predicted molar refractivity (Wildman–Crippen MR) is 26.9 cm³/mol. The molecule has 0 aliphatic carbocycles. The van der Waals surface area contributed by atoms with E-state index in [-0.39, 0.29) is 6.61 Å². The molecule has 47 valence electrons. The van der Waals surface area contributed by atoms with Gasteiger partial charge in [-0.05, 0) is 0 Å². The van der Waals surface area contributed by atoms with Crippen LogP contribution in [0.2, 0.25) is 0 Å². The first-order valence-electron chi connectivity index (χ1n) is 2.62. The van der Waals surface area contributed by atoms with E-state index < -0.39 is 6.10 Å². The number of hydrogen-bond acceptors (Lipinski definition) is 3. The number of aliphatic hydroxyl groups excluding tert-OH is 2. The van der Waals surface area contributed by atoms with Crippen molar-refractivity contribution in [1.82, 2.24) is 0 Å². The Hall–Kier alpha value is -0.120. The van der Waals surface area contributed by atoms with Gasteiger partial charge in [-0.25, -0.2) is 0 Å². The van der Waals surface area contributed by atoms with Crippen molar-refractivity contribution in [2.75, 3.05) is 13.2 Å². The Labute approximate surface area is 47.9 Å². The van der Waals surface area contributed by atoms with Gasteiger partial charge in [0, 0.05) is 6.42 Å². The molecule has 0 aromatic rings. The van der Waals surface area contributed by atoms with Gasteiger partial charge in [-0.15, -0.1) is 0 Å². The maximum atomic E-state index is 8.77. The van der Waals surface area contributed by atoms with E-state index in [0.717, 1.165) is 6.42 Å². The summed E-state index contributed by atoms with van der Waals surface area (Å²) in [6.45, 7) is 0.460.